The van der Waals surface area contributed by atoms with Crippen LogP contribution < -0.4 is 15.9 Å². The van der Waals surface area contributed by atoms with Gasteiger partial charge in [0, 0.05) is 5.56 Å². The summed E-state index contributed by atoms with van der Waals surface area (Å²) in [6.07, 6.45) is 0. The van der Waals surface area contributed by atoms with Crippen LogP contribution in [-0.2, 0) is 0 Å². The lowest BCUT2D eigenvalue weighted by Gasteiger charge is -2.09. The number of aromatic nitrogens is 1. The Morgan fingerprint density at radius 2 is 1.92 bits per heavy atom. The largest absolute Gasteiger partial charge is 0.496 e. The van der Waals surface area contributed by atoms with Crippen molar-refractivity contribution in [3.63, 3.8) is 0 Å². The monoisotopic (exact) mass is 386 g/mol. The van der Waals surface area contributed by atoms with Crippen LogP contribution in [0.25, 0.3) is 0 Å². The maximum absolute atomic E-state index is 12.2. The molecule has 0 unspecified atom stereocenters. The summed E-state index contributed by atoms with van der Waals surface area (Å²) in [6.45, 7) is 1.72. The lowest BCUT2D eigenvalue weighted by atomic mass is 10.1. The minimum absolute atomic E-state index is 0.00748. The van der Waals surface area contributed by atoms with Crippen molar-refractivity contribution in [1.82, 2.24) is 10.4 Å². The maximum Gasteiger partial charge on any atom is 0.291 e. The van der Waals surface area contributed by atoms with Gasteiger partial charge >= 0.3 is 0 Å². The van der Waals surface area contributed by atoms with Gasteiger partial charge in [0.1, 0.15) is 10.8 Å². The van der Waals surface area contributed by atoms with Gasteiger partial charge in [-0.3, -0.25) is 4.79 Å². The van der Waals surface area contributed by atoms with E-state index in [9.17, 15) is 4.79 Å². The van der Waals surface area contributed by atoms with Gasteiger partial charge < -0.3 is 10.5 Å². The molecule has 0 spiro atoms. The molecule has 0 saturated carbocycles. The number of hydrazone groups is 1. The van der Waals surface area contributed by atoms with Crippen molar-refractivity contribution in [3.05, 3.63) is 50.7 Å². The lowest BCUT2D eigenvalue weighted by Crippen LogP contribution is -2.21. The predicted octanol–water partition coefficient (Wildman–Crippen LogP) is 3.79. The molecule has 2 rings (SSSR count). The number of benzene rings is 1. The first-order chi connectivity index (χ1) is 11.4. The number of carbonyl (C=O) groups is 1. The van der Waals surface area contributed by atoms with Gasteiger partial charge in [0.05, 0.1) is 23.5 Å². The third-order valence-corrected chi connectivity index (χ3v) is 4.24. The predicted molar refractivity (Wildman–Crippen MR) is 96.4 cm³/mol. The molecule has 0 aliphatic carbocycles. The molecule has 0 fully saturated rings. The molecule has 6 nitrogen and oxygen atoms in total. The number of pyridine rings is 1. The highest BCUT2D eigenvalue weighted by Gasteiger charge is 2.19. The van der Waals surface area contributed by atoms with Crippen LogP contribution in [0.5, 0.6) is 5.75 Å². The van der Waals surface area contributed by atoms with Gasteiger partial charge in [-0.05, 0) is 19.1 Å². The van der Waals surface area contributed by atoms with E-state index in [1.165, 1.54) is 0 Å². The molecule has 1 amide bonds. The first kappa shape index (κ1) is 18.3. The quantitative estimate of drug-likeness (QED) is 0.474. The Morgan fingerprint density at radius 1 is 1.25 bits per heavy atom. The number of nitrogens with one attached hydrogen (secondary N) is 1. The fraction of sp³-hybridized carbons (Fsp3) is 0.133. The van der Waals surface area contributed by atoms with Gasteiger partial charge in [-0.1, -0.05) is 46.9 Å². The maximum atomic E-state index is 12.2. The van der Waals surface area contributed by atoms with E-state index in [0.717, 1.165) is 5.56 Å². The molecule has 2 aromatic rings. The van der Waals surface area contributed by atoms with E-state index in [1.807, 2.05) is 18.2 Å². The standard InChI is InChI=1S/C15H13Cl3N4O2/c1-7(8-5-3-4-6-9(8)24-2)21-22-15(23)13-10(16)12(19)11(17)14(18)20-13/h3-6H,1-2H3,(H2,19,20)(H,22,23)/b21-7+. The van der Waals surface area contributed by atoms with E-state index in [2.05, 4.69) is 15.5 Å². The molecule has 1 aromatic carbocycles. The van der Waals surface area contributed by atoms with Crippen LogP contribution in [0.15, 0.2) is 29.4 Å². The average Bonchev–Trinajstić information content (AvgIpc) is 2.60. The Morgan fingerprint density at radius 3 is 2.58 bits per heavy atom. The number of nitrogens with two attached hydrogens (primary N) is 1. The molecule has 1 heterocycles. The average molecular weight is 388 g/mol. The van der Waals surface area contributed by atoms with Crippen molar-refractivity contribution in [2.45, 2.75) is 6.92 Å². The second-order valence-electron chi connectivity index (χ2n) is 4.63. The number of nitrogen functional groups attached to an aromatic ring is 1. The first-order valence-corrected chi connectivity index (χ1v) is 7.78. The van der Waals surface area contributed by atoms with Crippen LogP contribution >= 0.6 is 34.8 Å². The molecule has 3 N–H and O–H groups in total. The van der Waals surface area contributed by atoms with E-state index in [4.69, 9.17) is 45.3 Å². The summed E-state index contributed by atoms with van der Waals surface area (Å²) >= 11 is 17.6. The Hall–Kier alpha value is -2.02. The zero-order valence-electron chi connectivity index (χ0n) is 12.7. The number of halogens is 3. The van der Waals surface area contributed by atoms with Crippen molar-refractivity contribution < 1.29 is 9.53 Å². The number of anilines is 1. The Labute approximate surface area is 153 Å². The molecule has 0 atom stereocenters. The minimum atomic E-state index is -0.667. The third kappa shape index (κ3) is 3.72. The molecule has 9 heteroatoms. The number of amides is 1. The van der Waals surface area contributed by atoms with Crippen molar-refractivity contribution >= 4 is 52.1 Å². The summed E-state index contributed by atoms with van der Waals surface area (Å²) < 4.78 is 5.25. The van der Waals surface area contributed by atoms with Crippen LogP contribution in [0, 0.1) is 0 Å². The van der Waals surface area contributed by atoms with Gasteiger partial charge in [-0.25, -0.2) is 10.4 Å². The zero-order chi connectivity index (χ0) is 17.9. The second-order valence-corrected chi connectivity index (χ2v) is 5.75. The lowest BCUT2D eigenvalue weighted by molar-refractivity contribution is 0.0950. The highest BCUT2D eigenvalue weighted by molar-refractivity contribution is 6.46. The van der Waals surface area contributed by atoms with Crippen molar-refractivity contribution in [3.8, 4) is 5.75 Å². The fourth-order valence-electron chi connectivity index (χ4n) is 1.87. The molecule has 0 aliphatic heterocycles. The molecule has 0 bridgehead atoms. The van der Waals surface area contributed by atoms with Gasteiger partial charge in [0.2, 0.25) is 0 Å². The van der Waals surface area contributed by atoms with E-state index in [1.54, 1.807) is 20.1 Å². The minimum Gasteiger partial charge on any atom is -0.496 e. The first-order valence-electron chi connectivity index (χ1n) is 6.64. The summed E-state index contributed by atoms with van der Waals surface area (Å²) in [5.74, 6) is -0.0394. The molecule has 0 radical (unpaired) electrons. The smallest absolute Gasteiger partial charge is 0.291 e. The molecule has 1 aromatic heterocycles. The molecule has 0 aliphatic rings. The van der Waals surface area contributed by atoms with Gasteiger partial charge in [0.25, 0.3) is 5.91 Å². The number of nitrogens with zero attached hydrogens (tertiary/aromatic N) is 2. The van der Waals surface area contributed by atoms with E-state index in [-0.39, 0.29) is 26.6 Å². The van der Waals surface area contributed by atoms with Crippen molar-refractivity contribution in [2.24, 2.45) is 5.10 Å². The summed E-state index contributed by atoms with van der Waals surface area (Å²) in [6, 6.07) is 7.26. The van der Waals surface area contributed by atoms with E-state index < -0.39 is 5.91 Å². The summed E-state index contributed by atoms with van der Waals surface area (Å²) in [7, 11) is 1.55. The van der Waals surface area contributed by atoms with Crippen molar-refractivity contribution in [2.75, 3.05) is 12.8 Å². The second kappa shape index (κ2) is 7.70. The highest BCUT2D eigenvalue weighted by atomic mass is 35.5. The normalized spacial score (nSPS) is 11.3. The number of hydrogen-bond donors (Lipinski definition) is 2. The number of ether oxygens (including phenoxy) is 1. The molecule has 126 valence electrons. The fourth-order valence-corrected chi connectivity index (χ4v) is 2.47. The van der Waals surface area contributed by atoms with Gasteiger partial charge in [0.15, 0.2) is 10.8 Å². The van der Waals surface area contributed by atoms with Gasteiger partial charge in [-0.2, -0.15) is 5.10 Å². The highest BCUT2D eigenvalue weighted by Crippen LogP contribution is 2.34. The van der Waals surface area contributed by atoms with Crippen LogP contribution in [0.2, 0.25) is 15.2 Å². The zero-order valence-corrected chi connectivity index (χ0v) is 15.0. The Kier molecular flexibility index (Phi) is 5.88. The summed E-state index contributed by atoms with van der Waals surface area (Å²) in [4.78, 5) is 16.1. The number of rotatable bonds is 4. The molecular weight excluding hydrogens is 375 g/mol. The van der Waals surface area contributed by atoms with Crippen LogP contribution in [0.3, 0.4) is 0 Å². The van der Waals surface area contributed by atoms with E-state index in [0.29, 0.717) is 11.5 Å². The van der Waals surface area contributed by atoms with Gasteiger partial charge in [-0.15, -0.1) is 0 Å². The summed E-state index contributed by atoms with van der Waals surface area (Å²) in [5, 5.41) is 3.81. The molecule has 24 heavy (non-hydrogen) atoms. The van der Waals surface area contributed by atoms with Crippen molar-refractivity contribution in [1.29, 1.82) is 0 Å². The topological polar surface area (TPSA) is 89.6 Å². The Balaban J connectivity index is 2.27. The third-order valence-electron chi connectivity index (χ3n) is 3.11. The number of hydrogen-bond acceptors (Lipinski definition) is 5. The van der Waals surface area contributed by atoms with E-state index >= 15 is 0 Å². The number of carbonyl (C=O) groups excluding carboxylic acids is 1. The number of methoxy groups -OCH3 is 1. The number of para-hydroxylation sites is 1. The van der Waals surface area contributed by atoms with Crippen LogP contribution in [0.4, 0.5) is 5.69 Å². The molecular formula is C15H13Cl3N4O2. The van der Waals surface area contributed by atoms with Crippen LogP contribution in [0.1, 0.15) is 23.0 Å². The molecule has 0 saturated heterocycles. The van der Waals surface area contributed by atoms with Crippen LogP contribution in [-0.4, -0.2) is 23.7 Å². The SMILES string of the molecule is COc1ccccc1/C(C)=N/NC(=O)c1nc(Cl)c(Cl)c(N)c1Cl. The summed E-state index contributed by atoms with van der Waals surface area (Å²) in [5.41, 5.74) is 9.11. The Bertz CT molecular complexity index is 825.